The summed E-state index contributed by atoms with van der Waals surface area (Å²) in [5.74, 6) is 0.269. The summed E-state index contributed by atoms with van der Waals surface area (Å²) >= 11 is 0. The van der Waals surface area contributed by atoms with Crippen molar-refractivity contribution in [3.05, 3.63) is 95.6 Å². The van der Waals surface area contributed by atoms with Crippen LogP contribution in [0.4, 0.5) is 0 Å². The molecule has 0 aliphatic heterocycles. The van der Waals surface area contributed by atoms with Gasteiger partial charge in [0.05, 0.1) is 5.56 Å². The molecular formula is C28H24O4. The van der Waals surface area contributed by atoms with Crippen molar-refractivity contribution < 1.29 is 19.7 Å². The third-order valence-corrected chi connectivity index (χ3v) is 5.31. The second-order valence-electron chi connectivity index (χ2n) is 7.55. The maximum Gasteiger partial charge on any atom is 0.139 e. The van der Waals surface area contributed by atoms with Crippen molar-refractivity contribution in [1.29, 1.82) is 0 Å². The molecule has 3 N–H and O–H groups in total. The quantitative estimate of drug-likeness (QED) is 0.313. The van der Waals surface area contributed by atoms with E-state index in [1.807, 2.05) is 62.4 Å². The van der Waals surface area contributed by atoms with Gasteiger partial charge in [-0.3, -0.25) is 0 Å². The molecule has 32 heavy (non-hydrogen) atoms. The van der Waals surface area contributed by atoms with E-state index in [2.05, 4.69) is 6.58 Å². The molecule has 4 nitrogen and oxygen atoms in total. The van der Waals surface area contributed by atoms with Crippen LogP contribution >= 0.6 is 0 Å². The number of phenols is 3. The normalized spacial score (nSPS) is 11.7. The molecule has 0 bridgehead atoms. The van der Waals surface area contributed by atoms with Gasteiger partial charge in [0.1, 0.15) is 28.6 Å². The zero-order valence-electron chi connectivity index (χ0n) is 18.0. The molecule has 0 saturated heterocycles. The van der Waals surface area contributed by atoms with E-state index in [0.29, 0.717) is 33.6 Å². The van der Waals surface area contributed by atoms with Crippen LogP contribution in [0.2, 0.25) is 0 Å². The van der Waals surface area contributed by atoms with Crippen molar-refractivity contribution in [1.82, 2.24) is 0 Å². The monoisotopic (exact) mass is 424 g/mol. The number of benzene rings is 3. The average molecular weight is 424 g/mol. The minimum atomic E-state index is -0.140. The molecule has 160 valence electrons. The highest BCUT2D eigenvalue weighted by atomic mass is 16.3. The Bertz CT molecular complexity index is 1390. The molecular weight excluding hydrogens is 400 g/mol. The predicted octanol–water partition coefficient (Wildman–Crippen LogP) is 7.34. The molecule has 3 aromatic carbocycles. The van der Waals surface area contributed by atoms with Crippen molar-refractivity contribution >= 4 is 28.7 Å². The third kappa shape index (κ3) is 3.91. The molecule has 1 heterocycles. The first kappa shape index (κ1) is 21.1. The Morgan fingerprint density at radius 2 is 1.41 bits per heavy atom. The van der Waals surface area contributed by atoms with Crippen LogP contribution in [0.1, 0.15) is 36.1 Å². The fourth-order valence-electron chi connectivity index (χ4n) is 3.74. The summed E-state index contributed by atoms with van der Waals surface area (Å²) in [5.41, 5.74) is 4.37. The number of hydrogen-bond donors (Lipinski definition) is 3. The van der Waals surface area contributed by atoms with Gasteiger partial charge in [-0.1, -0.05) is 43.0 Å². The van der Waals surface area contributed by atoms with Crippen LogP contribution in [0.3, 0.4) is 0 Å². The number of rotatable bonds is 5. The molecule has 4 rings (SSSR count). The Balaban J connectivity index is 1.81. The zero-order valence-corrected chi connectivity index (χ0v) is 18.0. The Morgan fingerprint density at radius 3 is 2.12 bits per heavy atom. The maximum atomic E-state index is 10.5. The summed E-state index contributed by atoms with van der Waals surface area (Å²) < 4.78 is 5.97. The van der Waals surface area contributed by atoms with Crippen molar-refractivity contribution in [2.24, 2.45) is 0 Å². The molecule has 0 spiro atoms. The first-order valence-corrected chi connectivity index (χ1v) is 10.3. The van der Waals surface area contributed by atoms with Crippen molar-refractivity contribution in [2.45, 2.75) is 13.8 Å². The molecule has 4 heteroatoms. The number of hydrogen-bond acceptors (Lipinski definition) is 4. The molecule has 0 unspecified atom stereocenters. The lowest BCUT2D eigenvalue weighted by molar-refractivity contribution is 0.449. The Kier molecular flexibility index (Phi) is 5.61. The highest BCUT2D eigenvalue weighted by molar-refractivity contribution is 5.90. The standard InChI is InChI=1S/C28H24O4/c1-4-6-18-9-11-27-20(12-18)14-28(32-27)23-15-22(25(30)16-26(23)31)17(3)21-13-19(7-5-2)8-10-24(21)29/h4-16,29-31H,3H2,1-2H3/b6-4+,7-5+. The van der Waals surface area contributed by atoms with Gasteiger partial charge in [0.2, 0.25) is 0 Å². The van der Waals surface area contributed by atoms with Gasteiger partial charge in [-0.05, 0) is 66.9 Å². The van der Waals surface area contributed by atoms with Gasteiger partial charge in [0.15, 0.2) is 0 Å². The van der Waals surface area contributed by atoms with Crippen LogP contribution in [0.15, 0.2) is 77.7 Å². The van der Waals surface area contributed by atoms with Crippen LogP contribution in [-0.4, -0.2) is 15.3 Å². The first-order chi connectivity index (χ1) is 15.4. The third-order valence-electron chi connectivity index (χ3n) is 5.31. The van der Waals surface area contributed by atoms with Gasteiger partial charge >= 0.3 is 0 Å². The smallest absolute Gasteiger partial charge is 0.139 e. The van der Waals surface area contributed by atoms with Crippen LogP contribution < -0.4 is 0 Å². The fourth-order valence-corrected chi connectivity index (χ4v) is 3.74. The molecule has 0 fully saturated rings. The van der Waals surface area contributed by atoms with Crippen LogP contribution in [-0.2, 0) is 0 Å². The minimum absolute atomic E-state index is 0.0533. The molecule has 0 saturated carbocycles. The Labute approximate surface area is 186 Å². The van der Waals surface area contributed by atoms with Gasteiger partial charge in [0, 0.05) is 22.6 Å². The first-order valence-electron chi connectivity index (χ1n) is 10.3. The molecule has 4 aromatic rings. The number of aromatic hydroxyl groups is 3. The molecule has 0 radical (unpaired) electrons. The van der Waals surface area contributed by atoms with Crippen molar-refractivity contribution in [2.75, 3.05) is 0 Å². The van der Waals surface area contributed by atoms with Crippen LogP contribution in [0.5, 0.6) is 17.2 Å². The molecule has 1 aromatic heterocycles. The maximum absolute atomic E-state index is 10.5. The summed E-state index contributed by atoms with van der Waals surface area (Å²) in [6.45, 7) is 7.96. The number of furan rings is 1. The molecule has 0 atom stereocenters. The molecule has 0 aliphatic carbocycles. The van der Waals surface area contributed by atoms with Crippen molar-refractivity contribution in [3.8, 4) is 28.6 Å². The number of allylic oxidation sites excluding steroid dienone is 2. The number of fused-ring (bicyclic) bond motifs is 1. The van der Waals surface area contributed by atoms with Crippen LogP contribution in [0, 0.1) is 0 Å². The highest BCUT2D eigenvalue weighted by Crippen LogP contribution is 2.42. The lowest BCUT2D eigenvalue weighted by Crippen LogP contribution is -1.91. The van der Waals surface area contributed by atoms with E-state index in [4.69, 9.17) is 4.42 Å². The summed E-state index contributed by atoms with van der Waals surface area (Å²) in [6, 6.07) is 15.8. The predicted molar refractivity (Wildman–Crippen MR) is 131 cm³/mol. The van der Waals surface area contributed by atoms with Gasteiger partial charge in [-0.25, -0.2) is 0 Å². The largest absolute Gasteiger partial charge is 0.507 e. The summed E-state index contributed by atoms with van der Waals surface area (Å²) in [6.07, 6.45) is 7.78. The van der Waals surface area contributed by atoms with Crippen LogP contribution in [0.25, 0.3) is 40.0 Å². The van der Waals surface area contributed by atoms with Gasteiger partial charge in [-0.15, -0.1) is 0 Å². The van der Waals surface area contributed by atoms with E-state index in [9.17, 15) is 15.3 Å². The molecule has 0 amide bonds. The van der Waals surface area contributed by atoms with Crippen molar-refractivity contribution in [3.63, 3.8) is 0 Å². The second kappa shape index (κ2) is 8.52. The van der Waals surface area contributed by atoms with E-state index in [-0.39, 0.29) is 17.2 Å². The van der Waals surface area contributed by atoms with E-state index in [1.54, 1.807) is 24.3 Å². The Morgan fingerprint density at radius 1 is 0.750 bits per heavy atom. The lowest BCUT2D eigenvalue weighted by atomic mass is 9.94. The molecule has 0 aliphatic rings. The second-order valence-corrected chi connectivity index (χ2v) is 7.55. The average Bonchev–Trinajstić information content (AvgIpc) is 3.18. The zero-order chi connectivity index (χ0) is 22.8. The SMILES string of the molecule is C=C(c1cc(/C=C/C)ccc1O)c1cc(-c2cc3cc(/C=C/C)ccc3o2)c(O)cc1O. The minimum Gasteiger partial charge on any atom is -0.507 e. The summed E-state index contributed by atoms with van der Waals surface area (Å²) in [7, 11) is 0. The number of phenolic OH excluding ortho intramolecular Hbond substituents is 3. The van der Waals surface area contributed by atoms with Gasteiger partial charge < -0.3 is 19.7 Å². The lowest BCUT2D eigenvalue weighted by Gasteiger charge is -2.13. The fraction of sp³-hybridized carbons (Fsp3) is 0.0714. The van der Waals surface area contributed by atoms with Gasteiger partial charge in [0.25, 0.3) is 0 Å². The summed E-state index contributed by atoms with van der Waals surface area (Å²) in [5, 5.41) is 32.4. The van der Waals surface area contributed by atoms with E-state index >= 15 is 0 Å². The van der Waals surface area contributed by atoms with E-state index in [0.717, 1.165) is 16.5 Å². The van der Waals surface area contributed by atoms with Gasteiger partial charge in [-0.2, -0.15) is 0 Å². The Hall–Kier alpha value is -4.18. The van der Waals surface area contributed by atoms with E-state index < -0.39 is 0 Å². The summed E-state index contributed by atoms with van der Waals surface area (Å²) in [4.78, 5) is 0. The highest BCUT2D eigenvalue weighted by Gasteiger charge is 2.18. The topological polar surface area (TPSA) is 73.8 Å². The van der Waals surface area contributed by atoms with E-state index in [1.165, 1.54) is 6.07 Å².